The van der Waals surface area contributed by atoms with E-state index in [0.29, 0.717) is 24.8 Å². The number of hydrogen-bond donors (Lipinski definition) is 2. The quantitative estimate of drug-likeness (QED) is 0.765. The number of aliphatic carboxylic acids is 1. The highest BCUT2D eigenvalue weighted by Crippen LogP contribution is 2.38. The molecule has 2 rings (SSSR count). The maximum Gasteiger partial charge on any atom is 0.307 e. The van der Waals surface area contributed by atoms with Gasteiger partial charge in [0.1, 0.15) is 0 Å². The number of carbonyl (C=O) groups is 2. The second kappa shape index (κ2) is 5.26. The number of amides is 1. The van der Waals surface area contributed by atoms with Crippen LogP contribution in [0.25, 0.3) is 0 Å². The topological polar surface area (TPSA) is 75.6 Å². The SMILES string of the molecule is CC(C)C1OCCC1CNC(=O)C1CC1C(=O)O. The van der Waals surface area contributed by atoms with Crippen LogP contribution in [0.2, 0.25) is 0 Å². The molecule has 4 atom stereocenters. The van der Waals surface area contributed by atoms with Crippen LogP contribution in [-0.4, -0.2) is 36.2 Å². The average molecular weight is 255 g/mol. The number of carbonyl (C=O) groups excluding carboxylic acids is 1. The largest absolute Gasteiger partial charge is 0.481 e. The molecular weight excluding hydrogens is 234 g/mol. The van der Waals surface area contributed by atoms with Crippen molar-refractivity contribution in [2.24, 2.45) is 23.7 Å². The van der Waals surface area contributed by atoms with Gasteiger partial charge in [0.2, 0.25) is 5.91 Å². The Balaban J connectivity index is 1.75. The van der Waals surface area contributed by atoms with Crippen molar-refractivity contribution >= 4 is 11.9 Å². The molecule has 0 aromatic heterocycles. The van der Waals surface area contributed by atoms with Crippen molar-refractivity contribution in [3.8, 4) is 0 Å². The lowest BCUT2D eigenvalue weighted by Gasteiger charge is -2.22. The standard InChI is InChI=1S/C13H21NO4/c1-7(2)11-8(3-4-18-11)6-14-12(15)9-5-10(9)13(16)17/h7-11H,3-6H2,1-2H3,(H,14,15)(H,16,17). The van der Waals surface area contributed by atoms with Crippen molar-refractivity contribution < 1.29 is 19.4 Å². The van der Waals surface area contributed by atoms with Gasteiger partial charge in [-0.1, -0.05) is 13.8 Å². The Labute approximate surface area is 107 Å². The molecule has 2 aliphatic rings. The zero-order valence-electron chi connectivity index (χ0n) is 10.9. The smallest absolute Gasteiger partial charge is 0.307 e. The lowest BCUT2D eigenvalue weighted by molar-refractivity contribution is -0.140. The molecular formula is C13H21NO4. The molecule has 1 heterocycles. The van der Waals surface area contributed by atoms with E-state index in [1.54, 1.807) is 0 Å². The van der Waals surface area contributed by atoms with Crippen molar-refractivity contribution in [2.45, 2.75) is 32.8 Å². The van der Waals surface area contributed by atoms with E-state index in [4.69, 9.17) is 9.84 Å². The van der Waals surface area contributed by atoms with Crippen molar-refractivity contribution in [1.29, 1.82) is 0 Å². The number of carboxylic acid groups (broad SMARTS) is 1. The summed E-state index contributed by atoms with van der Waals surface area (Å²) in [6, 6.07) is 0. The van der Waals surface area contributed by atoms with Crippen LogP contribution >= 0.6 is 0 Å². The number of rotatable bonds is 5. The first-order valence-electron chi connectivity index (χ1n) is 6.62. The predicted octanol–water partition coefficient (Wildman–Crippen LogP) is 0.884. The second-order valence-electron chi connectivity index (χ2n) is 5.66. The molecule has 2 N–H and O–H groups in total. The van der Waals surface area contributed by atoms with E-state index in [9.17, 15) is 9.59 Å². The van der Waals surface area contributed by atoms with Gasteiger partial charge in [-0.2, -0.15) is 0 Å². The van der Waals surface area contributed by atoms with Crippen molar-refractivity contribution in [2.75, 3.05) is 13.2 Å². The minimum atomic E-state index is -0.862. The van der Waals surface area contributed by atoms with Gasteiger partial charge in [0.05, 0.1) is 17.9 Å². The van der Waals surface area contributed by atoms with Gasteiger partial charge in [-0.3, -0.25) is 9.59 Å². The maximum atomic E-state index is 11.7. The van der Waals surface area contributed by atoms with Gasteiger partial charge >= 0.3 is 5.97 Å². The Morgan fingerprint density at radius 3 is 2.67 bits per heavy atom. The molecule has 1 aliphatic carbocycles. The summed E-state index contributed by atoms with van der Waals surface area (Å²) in [5.41, 5.74) is 0. The highest BCUT2D eigenvalue weighted by molar-refractivity contribution is 5.89. The lowest BCUT2D eigenvalue weighted by Crippen LogP contribution is -2.36. The van der Waals surface area contributed by atoms with E-state index in [-0.39, 0.29) is 17.9 Å². The highest BCUT2D eigenvalue weighted by Gasteiger charge is 2.48. The van der Waals surface area contributed by atoms with Gasteiger partial charge in [0, 0.05) is 19.1 Å². The first-order valence-corrected chi connectivity index (χ1v) is 6.62. The van der Waals surface area contributed by atoms with Crippen LogP contribution in [0.3, 0.4) is 0 Å². The fraction of sp³-hybridized carbons (Fsp3) is 0.846. The molecule has 0 aromatic rings. The molecule has 5 nitrogen and oxygen atoms in total. The minimum absolute atomic E-state index is 0.114. The molecule has 1 amide bonds. The third kappa shape index (κ3) is 2.83. The predicted molar refractivity (Wildman–Crippen MR) is 64.9 cm³/mol. The maximum absolute atomic E-state index is 11.7. The summed E-state index contributed by atoms with van der Waals surface area (Å²) >= 11 is 0. The normalized spacial score (nSPS) is 34.6. The number of carboxylic acids is 1. The Hall–Kier alpha value is -1.10. The summed E-state index contributed by atoms with van der Waals surface area (Å²) in [6.45, 7) is 5.59. The fourth-order valence-corrected chi connectivity index (χ4v) is 2.73. The number of hydrogen-bond acceptors (Lipinski definition) is 3. The molecule has 0 bridgehead atoms. The molecule has 0 spiro atoms. The Kier molecular flexibility index (Phi) is 3.90. The molecule has 18 heavy (non-hydrogen) atoms. The van der Waals surface area contributed by atoms with Gasteiger partial charge in [0.25, 0.3) is 0 Å². The molecule has 1 aliphatic heterocycles. The summed E-state index contributed by atoms with van der Waals surface area (Å²) in [7, 11) is 0. The van der Waals surface area contributed by atoms with Crippen LogP contribution in [0.5, 0.6) is 0 Å². The van der Waals surface area contributed by atoms with Crippen LogP contribution in [-0.2, 0) is 14.3 Å². The van der Waals surface area contributed by atoms with E-state index >= 15 is 0 Å². The molecule has 2 fully saturated rings. The van der Waals surface area contributed by atoms with Crippen LogP contribution in [0, 0.1) is 23.7 Å². The van der Waals surface area contributed by atoms with Gasteiger partial charge in [0.15, 0.2) is 0 Å². The lowest BCUT2D eigenvalue weighted by atomic mass is 9.93. The first-order chi connectivity index (χ1) is 8.50. The van der Waals surface area contributed by atoms with Crippen LogP contribution in [0.15, 0.2) is 0 Å². The third-order valence-corrected chi connectivity index (χ3v) is 3.90. The van der Waals surface area contributed by atoms with Gasteiger partial charge in [-0.25, -0.2) is 0 Å². The number of ether oxygens (including phenoxy) is 1. The Morgan fingerprint density at radius 1 is 1.39 bits per heavy atom. The van der Waals surface area contributed by atoms with E-state index in [2.05, 4.69) is 19.2 Å². The summed E-state index contributed by atoms with van der Waals surface area (Å²) in [6.07, 6.45) is 1.66. The summed E-state index contributed by atoms with van der Waals surface area (Å²) in [4.78, 5) is 22.4. The van der Waals surface area contributed by atoms with Crippen molar-refractivity contribution in [3.05, 3.63) is 0 Å². The molecule has 1 saturated heterocycles. The summed E-state index contributed by atoms with van der Waals surface area (Å²) in [5.74, 6) is -0.956. The summed E-state index contributed by atoms with van der Waals surface area (Å²) < 4.78 is 5.65. The fourth-order valence-electron chi connectivity index (χ4n) is 2.73. The second-order valence-corrected chi connectivity index (χ2v) is 5.66. The van der Waals surface area contributed by atoms with Crippen LogP contribution < -0.4 is 5.32 Å². The van der Waals surface area contributed by atoms with Gasteiger partial charge < -0.3 is 15.2 Å². The number of nitrogens with one attached hydrogen (secondary N) is 1. The van der Waals surface area contributed by atoms with E-state index < -0.39 is 11.9 Å². The van der Waals surface area contributed by atoms with E-state index in [0.717, 1.165) is 13.0 Å². The van der Waals surface area contributed by atoms with E-state index in [1.807, 2.05) is 0 Å². The molecule has 0 aromatic carbocycles. The average Bonchev–Trinajstić information content (AvgIpc) is 2.97. The zero-order valence-corrected chi connectivity index (χ0v) is 10.9. The molecule has 102 valence electrons. The monoisotopic (exact) mass is 255 g/mol. The zero-order chi connectivity index (χ0) is 13.3. The third-order valence-electron chi connectivity index (χ3n) is 3.90. The Bertz CT molecular complexity index is 342. The molecule has 5 heteroatoms. The minimum Gasteiger partial charge on any atom is -0.481 e. The Morgan fingerprint density at radius 2 is 2.11 bits per heavy atom. The van der Waals surface area contributed by atoms with Crippen molar-refractivity contribution in [3.63, 3.8) is 0 Å². The first kappa shape index (κ1) is 13.3. The van der Waals surface area contributed by atoms with Crippen LogP contribution in [0.1, 0.15) is 26.7 Å². The van der Waals surface area contributed by atoms with Crippen molar-refractivity contribution in [1.82, 2.24) is 5.32 Å². The van der Waals surface area contributed by atoms with Crippen LogP contribution in [0.4, 0.5) is 0 Å². The van der Waals surface area contributed by atoms with E-state index in [1.165, 1.54) is 0 Å². The molecule has 1 saturated carbocycles. The molecule has 4 unspecified atom stereocenters. The summed E-state index contributed by atoms with van der Waals surface area (Å²) in [5, 5.41) is 11.6. The molecule has 0 radical (unpaired) electrons. The van der Waals surface area contributed by atoms with Gasteiger partial charge in [-0.15, -0.1) is 0 Å². The highest BCUT2D eigenvalue weighted by atomic mass is 16.5. The van der Waals surface area contributed by atoms with Gasteiger partial charge in [-0.05, 0) is 18.8 Å².